The van der Waals surface area contributed by atoms with Gasteiger partial charge in [-0.25, -0.2) is 4.79 Å². The third-order valence-corrected chi connectivity index (χ3v) is 4.09. The zero-order chi connectivity index (χ0) is 15.6. The highest BCUT2D eigenvalue weighted by molar-refractivity contribution is 5.92. The highest BCUT2D eigenvalue weighted by atomic mass is 16.4. The Balaban J connectivity index is 1.97. The molecule has 6 nitrogen and oxygen atoms in total. The molecule has 1 heterocycles. The van der Waals surface area contributed by atoms with Crippen LogP contribution in [0.1, 0.15) is 46.0 Å². The van der Waals surface area contributed by atoms with Crippen molar-refractivity contribution in [2.75, 3.05) is 6.54 Å². The SMILES string of the molecule is CC(C)CC(NC(=O)C1CCCN1C(=O)C1CC1)C(=O)O. The molecule has 2 fully saturated rings. The molecular weight excluding hydrogens is 272 g/mol. The molecule has 2 aliphatic rings. The van der Waals surface area contributed by atoms with Gasteiger partial charge in [0.25, 0.3) is 0 Å². The van der Waals surface area contributed by atoms with Crippen molar-refractivity contribution in [3.63, 3.8) is 0 Å². The van der Waals surface area contributed by atoms with Gasteiger partial charge in [-0.15, -0.1) is 0 Å². The van der Waals surface area contributed by atoms with Crippen LogP contribution in [-0.4, -0.2) is 46.4 Å². The molecule has 0 radical (unpaired) electrons. The first-order valence-corrected chi connectivity index (χ1v) is 7.73. The van der Waals surface area contributed by atoms with Crippen LogP contribution in [0, 0.1) is 11.8 Å². The standard InChI is InChI=1S/C15H24N2O4/c1-9(2)8-11(15(20)21)16-13(18)12-4-3-7-17(12)14(19)10-5-6-10/h9-12H,3-8H2,1-2H3,(H,16,18)(H,20,21). The Kier molecular flexibility index (Phi) is 4.85. The van der Waals surface area contributed by atoms with E-state index in [1.807, 2.05) is 13.8 Å². The molecular formula is C15H24N2O4. The number of aliphatic carboxylic acids is 1. The number of hydrogen-bond donors (Lipinski definition) is 2. The van der Waals surface area contributed by atoms with Gasteiger partial charge in [0, 0.05) is 12.5 Å². The lowest BCUT2D eigenvalue weighted by molar-refractivity contribution is -0.144. The molecule has 2 unspecified atom stereocenters. The zero-order valence-corrected chi connectivity index (χ0v) is 12.7. The van der Waals surface area contributed by atoms with Gasteiger partial charge in [-0.3, -0.25) is 9.59 Å². The number of carbonyl (C=O) groups excluding carboxylic acids is 2. The van der Waals surface area contributed by atoms with Gasteiger partial charge in [0.05, 0.1) is 0 Å². The fraction of sp³-hybridized carbons (Fsp3) is 0.800. The van der Waals surface area contributed by atoms with Crippen molar-refractivity contribution >= 4 is 17.8 Å². The van der Waals surface area contributed by atoms with E-state index in [1.54, 1.807) is 4.90 Å². The van der Waals surface area contributed by atoms with Crippen molar-refractivity contribution in [2.24, 2.45) is 11.8 Å². The fourth-order valence-electron chi connectivity index (χ4n) is 2.83. The molecule has 21 heavy (non-hydrogen) atoms. The largest absolute Gasteiger partial charge is 0.480 e. The van der Waals surface area contributed by atoms with Crippen molar-refractivity contribution in [1.82, 2.24) is 10.2 Å². The van der Waals surface area contributed by atoms with Gasteiger partial charge >= 0.3 is 5.97 Å². The van der Waals surface area contributed by atoms with Crippen LogP contribution in [0.15, 0.2) is 0 Å². The molecule has 1 aliphatic carbocycles. The van der Waals surface area contributed by atoms with Gasteiger partial charge in [-0.1, -0.05) is 13.8 Å². The summed E-state index contributed by atoms with van der Waals surface area (Å²) < 4.78 is 0. The molecule has 2 atom stereocenters. The topological polar surface area (TPSA) is 86.7 Å². The average Bonchev–Trinajstić information content (AvgIpc) is 3.13. The smallest absolute Gasteiger partial charge is 0.326 e. The fourth-order valence-corrected chi connectivity index (χ4v) is 2.83. The molecule has 118 valence electrons. The predicted octanol–water partition coefficient (Wildman–Crippen LogP) is 1.00. The van der Waals surface area contributed by atoms with Gasteiger partial charge in [-0.05, 0) is 38.0 Å². The zero-order valence-electron chi connectivity index (χ0n) is 12.7. The Morgan fingerprint density at radius 2 is 1.90 bits per heavy atom. The molecule has 0 aromatic heterocycles. The summed E-state index contributed by atoms with van der Waals surface area (Å²) >= 11 is 0. The third-order valence-electron chi connectivity index (χ3n) is 4.09. The first kappa shape index (κ1) is 15.8. The minimum atomic E-state index is -1.02. The first-order valence-electron chi connectivity index (χ1n) is 7.73. The van der Waals surface area contributed by atoms with Crippen molar-refractivity contribution in [3.8, 4) is 0 Å². The highest BCUT2D eigenvalue weighted by Gasteiger charge is 2.41. The molecule has 1 aliphatic heterocycles. The molecule has 1 saturated heterocycles. The highest BCUT2D eigenvalue weighted by Crippen LogP contribution is 2.33. The summed E-state index contributed by atoms with van der Waals surface area (Å²) in [5.41, 5.74) is 0. The van der Waals surface area contributed by atoms with Crippen LogP contribution in [0.4, 0.5) is 0 Å². The second-order valence-corrected chi connectivity index (χ2v) is 6.49. The normalized spacial score (nSPS) is 23.2. The van der Waals surface area contributed by atoms with Crippen LogP contribution in [-0.2, 0) is 14.4 Å². The van der Waals surface area contributed by atoms with Gasteiger partial charge < -0.3 is 15.3 Å². The van der Waals surface area contributed by atoms with Gasteiger partial charge in [0.1, 0.15) is 12.1 Å². The molecule has 0 bridgehead atoms. The number of carboxylic acids is 1. The molecule has 1 saturated carbocycles. The maximum absolute atomic E-state index is 12.3. The monoisotopic (exact) mass is 296 g/mol. The minimum Gasteiger partial charge on any atom is -0.480 e. The predicted molar refractivity (Wildman–Crippen MR) is 76.5 cm³/mol. The van der Waals surface area contributed by atoms with Crippen LogP contribution in [0.5, 0.6) is 0 Å². The van der Waals surface area contributed by atoms with Crippen molar-refractivity contribution in [3.05, 3.63) is 0 Å². The summed E-state index contributed by atoms with van der Waals surface area (Å²) in [6, 6.07) is -1.37. The van der Waals surface area contributed by atoms with Crippen molar-refractivity contribution in [2.45, 2.75) is 58.0 Å². The maximum atomic E-state index is 12.3. The first-order chi connectivity index (χ1) is 9.90. The summed E-state index contributed by atoms with van der Waals surface area (Å²) in [5.74, 6) is -1.02. The molecule has 2 N–H and O–H groups in total. The summed E-state index contributed by atoms with van der Waals surface area (Å²) in [6.45, 7) is 4.44. The number of hydrogen-bond acceptors (Lipinski definition) is 3. The average molecular weight is 296 g/mol. The molecule has 6 heteroatoms. The maximum Gasteiger partial charge on any atom is 0.326 e. The van der Waals surface area contributed by atoms with Gasteiger partial charge in [-0.2, -0.15) is 0 Å². The quantitative estimate of drug-likeness (QED) is 0.765. The Morgan fingerprint density at radius 3 is 2.43 bits per heavy atom. The van der Waals surface area contributed by atoms with Crippen LogP contribution < -0.4 is 5.32 Å². The lowest BCUT2D eigenvalue weighted by Crippen LogP contribution is -2.51. The molecule has 2 amide bonds. The van der Waals surface area contributed by atoms with E-state index in [4.69, 9.17) is 0 Å². The number of rotatable bonds is 6. The van der Waals surface area contributed by atoms with E-state index in [-0.39, 0.29) is 23.7 Å². The third kappa shape index (κ3) is 3.95. The Bertz CT molecular complexity index is 431. The van der Waals surface area contributed by atoms with Crippen molar-refractivity contribution < 1.29 is 19.5 Å². The molecule has 2 rings (SSSR count). The second kappa shape index (κ2) is 6.45. The number of amides is 2. The number of nitrogens with zero attached hydrogens (tertiary/aromatic N) is 1. The minimum absolute atomic E-state index is 0.0587. The summed E-state index contributed by atoms with van der Waals surface area (Å²) in [5, 5.41) is 11.8. The second-order valence-electron chi connectivity index (χ2n) is 6.49. The Hall–Kier alpha value is -1.59. The van der Waals surface area contributed by atoms with Gasteiger partial charge in [0.15, 0.2) is 0 Å². The number of carboxylic acid groups (broad SMARTS) is 1. The lowest BCUT2D eigenvalue weighted by Gasteiger charge is -2.26. The van der Waals surface area contributed by atoms with E-state index in [2.05, 4.69) is 5.32 Å². The number of nitrogens with one attached hydrogen (secondary N) is 1. The lowest BCUT2D eigenvalue weighted by atomic mass is 10.0. The van der Waals surface area contributed by atoms with Crippen LogP contribution >= 0.6 is 0 Å². The molecule has 0 aromatic carbocycles. The van der Waals surface area contributed by atoms with Crippen LogP contribution in [0.2, 0.25) is 0 Å². The van der Waals surface area contributed by atoms with Crippen molar-refractivity contribution in [1.29, 1.82) is 0 Å². The van der Waals surface area contributed by atoms with Crippen LogP contribution in [0.3, 0.4) is 0 Å². The summed E-state index contributed by atoms with van der Waals surface area (Å²) in [4.78, 5) is 37.3. The number of carbonyl (C=O) groups is 3. The van der Waals surface area contributed by atoms with E-state index in [9.17, 15) is 19.5 Å². The van der Waals surface area contributed by atoms with Gasteiger partial charge in [0.2, 0.25) is 11.8 Å². The molecule has 0 spiro atoms. The van der Waals surface area contributed by atoms with E-state index in [1.165, 1.54) is 0 Å². The Labute approximate surface area is 124 Å². The van der Waals surface area contributed by atoms with E-state index in [0.717, 1.165) is 19.3 Å². The molecule has 0 aromatic rings. The number of likely N-dealkylation sites (tertiary alicyclic amines) is 1. The summed E-state index contributed by atoms with van der Waals surface area (Å²) in [7, 11) is 0. The summed E-state index contributed by atoms with van der Waals surface area (Å²) in [6.07, 6.45) is 3.64. The van der Waals surface area contributed by atoms with E-state index in [0.29, 0.717) is 19.4 Å². The Morgan fingerprint density at radius 1 is 1.24 bits per heavy atom. The van der Waals surface area contributed by atoms with E-state index >= 15 is 0 Å². The van der Waals surface area contributed by atoms with E-state index < -0.39 is 18.1 Å². The van der Waals surface area contributed by atoms with Crippen LogP contribution in [0.25, 0.3) is 0 Å².